The van der Waals surface area contributed by atoms with Crippen LogP contribution in [-0.2, 0) is 4.74 Å². The molecule has 3 rings (SSSR count). The summed E-state index contributed by atoms with van der Waals surface area (Å²) in [6, 6.07) is 3.71. The molecule has 2 aliphatic rings. The van der Waals surface area contributed by atoms with E-state index in [1.807, 2.05) is 13.8 Å². The summed E-state index contributed by atoms with van der Waals surface area (Å²) in [7, 11) is 0. The Hall–Kier alpha value is -1.54. The van der Waals surface area contributed by atoms with Crippen LogP contribution in [0.15, 0.2) is 18.2 Å². The van der Waals surface area contributed by atoms with Crippen LogP contribution in [0.25, 0.3) is 0 Å². The summed E-state index contributed by atoms with van der Waals surface area (Å²) in [4.78, 5) is 16.5. The zero-order valence-corrected chi connectivity index (χ0v) is 19.8. The lowest BCUT2D eigenvalue weighted by molar-refractivity contribution is -0.211. The lowest BCUT2D eigenvalue weighted by atomic mass is 9.68. The fourth-order valence-corrected chi connectivity index (χ4v) is 4.92. The number of halogens is 5. The van der Waals surface area contributed by atoms with Crippen molar-refractivity contribution in [1.29, 1.82) is 0 Å². The number of nitrogens with zero attached hydrogens (tertiary/aromatic N) is 2. The Morgan fingerprint density at radius 1 is 1.12 bits per heavy atom. The summed E-state index contributed by atoms with van der Waals surface area (Å²) >= 11 is 6.01. The van der Waals surface area contributed by atoms with E-state index in [-0.39, 0.29) is 41.9 Å². The first kappa shape index (κ1) is 25.1. The molecule has 3 atom stereocenters. The number of piperazine rings is 1. The predicted octanol–water partition coefficient (Wildman–Crippen LogP) is 6.44. The summed E-state index contributed by atoms with van der Waals surface area (Å²) in [6.07, 6.45) is -4.57. The number of carbonyl (C=O) groups excluding carboxylic acids is 1. The topological polar surface area (TPSA) is 32.8 Å². The van der Waals surface area contributed by atoms with Gasteiger partial charge in [-0.25, -0.2) is 9.18 Å². The molecule has 1 saturated heterocycles. The van der Waals surface area contributed by atoms with Gasteiger partial charge in [0, 0.05) is 31.2 Å². The number of ether oxygens (including phenoxy) is 1. The monoisotopic (exact) mass is 478 g/mol. The van der Waals surface area contributed by atoms with Crippen molar-refractivity contribution < 1.29 is 27.1 Å². The minimum absolute atomic E-state index is 0.0243. The highest BCUT2D eigenvalue weighted by atomic mass is 35.5. The molecule has 9 heteroatoms. The van der Waals surface area contributed by atoms with E-state index in [1.54, 1.807) is 31.7 Å². The molecule has 1 heterocycles. The summed E-state index contributed by atoms with van der Waals surface area (Å²) in [5.74, 6) is -2.11. The lowest BCUT2D eigenvalue weighted by Crippen LogP contribution is -2.60. The van der Waals surface area contributed by atoms with Gasteiger partial charge in [0.25, 0.3) is 0 Å². The van der Waals surface area contributed by atoms with Crippen molar-refractivity contribution in [3.8, 4) is 0 Å². The van der Waals surface area contributed by atoms with E-state index in [0.29, 0.717) is 18.7 Å². The molecule has 1 aromatic carbocycles. The number of benzene rings is 1. The third-order valence-corrected chi connectivity index (χ3v) is 6.68. The van der Waals surface area contributed by atoms with Gasteiger partial charge in [-0.1, -0.05) is 17.7 Å². The Balaban J connectivity index is 1.84. The summed E-state index contributed by atoms with van der Waals surface area (Å²) in [5, 5.41) is -0.0488. The highest BCUT2D eigenvalue weighted by molar-refractivity contribution is 6.30. The van der Waals surface area contributed by atoms with E-state index in [0.717, 1.165) is 0 Å². The van der Waals surface area contributed by atoms with E-state index in [1.165, 1.54) is 12.1 Å². The van der Waals surface area contributed by atoms with Crippen molar-refractivity contribution in [2.75, 3.05) is 13.1 Å². The number of hydrogen-bond acceptors (Lipinski definition) is 3. The van der Waals surface area contributed by atoms with Gasteiger partial charge in [-0.05, 0) is 71.1 Å². The van der Waals surface area contributed by atoms with Gasteiger partial charge in [0.2, 0.25) is 0 Å². The SMILES string of the molecule is C[C@@H]1CN(C(=O)OC(C)(C)C)[C@@H](C)CN1C(c1ccc(F)c(Cl)c1)C1CC(C(F)(F)F)C1. The largest absolute Gasteiger partial charge is 0.444 e. The Labute approximate surface area is 191 Å². The van der Waals surface area contributed by atoms with E-state index in [4.69, 9.17) is 16.3 Å². The molecule has 1 amide bonds. The van der Waals surface area contributed by atoms with Crippen LogP contribution in [0, 0.1) is 17.7 Å². The van der Waals surface area contributed by atoms with Gasteiger partial charge >= 0.3 is 12.3 Å². The van der Waals surface area contributed by atoms with Gasteiger partial charge in [-0.3, -0.25) is 4.90 Å². The Morgan fingerprint density at radius 2 is 1.75 bits per heavy atom. The summed E-state index contributed by atoms with van der Waals surface area (Å²) in [6.45, 7) is 10.1. The first-order chi connectivity index (χ1) is 14.7. The van der Waals surface area contributed by atoms with Crippen molar-refractivity contribution in [2.45, 2.75) is 77.4 Å². The van der Waals surface area contributed by atoms with Crippen molar-refractivity contribution in [3.63, 3.8) is 0 Å². The first-order valence-corrected chi connectivity index (χ1v) is 11.3. The lowest BCUT2D eigenvalue weighted by Gasteiger charge is -2.52. The summed E-state index contributed by atoms with van der Waals surface area (Å²) < 4.78 is 58.8. The normalized spacial score (nSPS) is 28.2. The van der Waals surface area contributed by atoms with E-state index < -0.39 is 29.6 Å². The number of hydrogen-bond donors (Lipinski definition) is 0. The highest BCUT2D eigenvalue weighted by Crippen LogP contribution is 2.52. The van der Waals surface area contributed by atoms with Crippen LogP contribution in [0.4, 0.5) is 22.4 Å². The Morgan fingerprint density at radius 3 is 2.28 bits per heavy atom. The second-order valence-electron chi connectivity index (χ2n) is 10.1. The van der Waals surface area contributed by atoms with Gasteiger partial charge in [0.05, 0.1) is 10.9 Å². The number of amides is 1. The molecular weight excluding hydrogens is 448 g/mol. The molecule has 4 nitrogen and oxygen atoms in total. The minimum Gasteiger partial charge on any atom is -0.444 e. The van der Waals surface area contributed by atoms with Gasteiger partial charge in [0.1, 0.15) is 11.4 Å². The molecule has 2 fully saturated rings. The van der Waals surface area contributed by atoms with E-state index >= 15 is 0 Å². The molecule has 32 heavy (non-hydrogen) atoms. The number of alkyl halides is 3. The quantitative estimate of drug-likeness (QED) is 0.469. The number of rotatable bonds is 3. The van der Waals surface area contributed by atoms with Gasteiger partial charge in [-0.15, -0.1) is 0 Å². The van der Waals surface area contributed by atoms with Crippen molar-refractivity contribution in [3.05, 3.63) is 34.6 Å². The van der Waals surface area contributed by atoms with Crippen molar-refractivity contribution in [1.82, 2.24) is 9.80 Å². The number of carbonyl (C=O) groups is 1. The maximum atomic E-state index is 13.8. The third kappa shape index (κ3) is 5.50. The first-order valence-electron chi connectivity index (χ1n) is 10.9. The maximum Gasteiger partial charge on any atom is 0.410 e. The Bertz CT molecular complexity index is 836. The zero-order valence-electron chi connectivity index (χ0n) is 19.0. The van der Waals surface area contributed by atoms with Crippen LogP contribution in [-0.4, -0.2) is 52.8 Å². The van der Waals surface area contributed by atoms with Crippen molar-refractivity contribution in [2.24, 2.45) is 11.8 Å². The van der Waals surface area contributed by atoms with Crippen molar-refractivity contribution >= 4 is 17.7 Å². The molecule has 1 aliphatic carbocycles. The average Bonchev–Trinajstić information content (AvgIpc) is 2.59. The molecule has 0 N–H and O–H groups in total. The van der Waals surface area contributed by atoms with Gasteiger partial charge in [0.15, 0.2) is 0 Å². The fraction of sp³-hybridized carbons (Fsp3) is 0.696. The second-order valence-corrected chi connectivity index (χ2v) is 10.5. The van der Waals surface area contributed by atoms with Gasteiger partial charge in [-0.2, -0.15) is 13.2 Å². The summed E-state index contributed by atoms with van der Waals surface area (Å²) in [5.41, 5.74) is 0.0788. The predicted molar refractivity (Wildman–Crippen MR) is 115 cm³/mol. The van der Waals surface area contributed by atoms with E-state index in [9.17, 15) is 22.4 Å². The smallest absolute Gasteiger partial charge is 0.410 e. The molecule has 0 aromatic heterocycles. The van der Waals surface area contributed by atoms with Crippen LogP contribution < -0.4 is 0 Å². The molecule has 1 saturated carbocycles. The molecule has 0 bridgehead atoms. The highest BCUT2D eigenvalue weighted by Gasteiger charge is 2.52. The molecule has 0 spiro atoms. The minimum atomic E-state index is -4.21. The van der Waals surface area contributed by atoms with Crippen LogP contribution in [0.3, 0.4) is 0 Å². The van der Waals surface area contributed by atoms with Crippen LogP contribution in [0.5, 0.6) is 0 Å². The second kappa shape index (κ2) is 9.01. The zero-order chi connectivity index (χ0) is 24.0. The maximum absolute atomic E-state index is 13.8. The Kier molecular flexibility index (Phi) is 7.06. The third-order valence-electron chi connectivity index (χ3n) is 6.39. The fourth-order valence-electron chi connectivity index (χ4n) is 4.73. The van der Waals surface area contributed by atoms with Crippen LogP contribution in [0.1, 0.15) is 59.1 Å². The van der Waals surface area contributed by atoms with Gasteiger partial charge < -0.3 is 9.64 Å². The molecule has 180 valence electrons. The molecule has 1 aromatic rings. The standard InChI is InChI=1S/C23H31ClF4N2O2/c1-13-12-30(21(31)32-22(3,4)5)14(2)11-29(13)20(15-6-7-19(25)18(24)10-15)16-8-17(9-16)23(26,27)28/h6-7,10,13-14,16-17,20H,8-9,11-12H2,1-5H3/t13-,14+,16?,17?,20?/m1/s1. The molecule has 1 unspecified atom stereocenters. The van der Waals surface area contributed by atoms with Crippen LogP contribution in [0.2, 0.25) is 5.02 Å². The van der Waals surface area contributed by atoms with E-state index in [2.05, 4.69) is 4.90 Å². The van der Waals surface area contributed by atoms with Crippen LogP contribution >= 0.6 is 11.6 Å². The molecule has 0 radical (unpaired) electrons. The molecule has 1 aliphatic heterocycles. The molecular formula is C23H31ClF4N2O2. The average molecular weight is 479 g/mol.